The molecular formula is C12H21NO. The zero-order valence-electron chi connectivity index (χ0n) is 10.1. The lowest BCUT2D eigenvalue weighted by Gasteiger charge is -2.11. The van der Waals surface area contributed by atoms with Crippen molar-refractivity contribution in [3.8, 4) is 5.75 Å². The molecule has 0 aliphatic heterocycles. The second kappa shape index (κ2) is 6.41. The first kappa shape index (κ1) is 12.9. The number of nitrogens with zero attached hydrogens (tertiary/aromatic N) is 1. The van der Waals surface area contributed by atoms with E-state index in [1.807, 2.05) is 20.8 Å². The molecule has 1 aromatic rings. The number of aryl methyl sites for hydroxylation is 1. The van der Waals surface area contributed by atoms with Crippen LogP contribution in [0, 0.1) is 6.92 Å². The van der Waals surface area contributed by atoms with Gasteiger partial charge in [0.15, 0.2) is 0 Å². The summed E-state index contributed by atoms with van der Waals surface area (Å²) < 4.78 is 5.20. The monoisotopic (exact) mass is 195 g/mol. The van der Waals surface area contributed by atoms with E-state index >= 15 is 0 Å². The van der Waals surface area contributed by atoms with Crippen molar-refractivity contribution in [1.29, 1.82) is 0 Å². The van der Waals surface area contributed by atoms with Crippen molar-refractivity contribution in [1.82, 2.24) is 4.98 Å². The lowest BCUT2D eigenvalue weighted by atomic mass is 10.0. The molecule has 0 aromatic carbocycles. The SMILES string of the molecule is CC.COc1cnc(C)cc1C(C)C. The summed E-state index contributed by atoms with van der Waals surface area (Å²) in [4.78, 5) is 4.17. The third-order valence-electron chi connectivity index (χ3n) is 1.88. The first-order valence-electron chi connectivity index (χ1n) is 5.15. The molecule has 0 saturated heterocycles. The van der Waals surface area contributed by atoms with E-state index in [0.29, 0.717) is 5.92 Å². The smallest absolute Gasteiger partial charge is 0.140 e. The molecule has 2 nitrogen and oxygen atoms in total. The molecule has 0 amide bonds. The summed E-state index contributed by atoms with van der Waals surface area (Å²) in [5.74, 6) is 1.37. The van der Waals surface area contributed by atoms with E-state index in [1.54, 1.807) is 13.3 Å². The summed E-state index contributed by atoms with van der Waals surface area (Å²) in [6, 6.07) is 2.07. The van der Waals surface area contributed by atoms with Crippen molar-refractivity contribution >= 4 is 0 Å². The molecule has 0 N–H and O–H groups in total. The number of methoxy groups -OCH3 is 1. The maximum atomic E-state index is 5.20. The Balaban J connectivity index is 0.000000791. The van der Waals surface area contributed by atoms with Crippen LogP contribution in [0.15, 0.2) is 12.3 Å². The highest BCUT2D eigenvalue weighted by Gasteiger charge is 2.06. The van der Waals surface area contributed by atoms with Crippen LogP contribution in [0.4, 0.5) is 0 Å². The summed E-state index contributed by atoms with van der Waals surface area (Å²) in [6.45, 7) is 10.3. The maximum Gasteiger partial charge on any atom is 0.140 e. The minimum absolute atomic E-state index is 0.488. The molecule has 0 atom stereocenters. The van der Waals surface area contributed by atoms with Gasteiger partial charge in [-0.15, -0.1) is 0 Å². The largest absolute Gasteiger partial charge is 0.495 e. The van der Waals surface area contributed by atoms with Crippen molar-refractivity contribution in [3.63, 3.8) is 0 Å². The normalized spacial score (nSPS) is 9.36. The molecule has 2 heteroatoms. The van der Waals surface area contributed by atoms with Crippen LogP contribution in [0.2, 0.25) is 0 Å². The Morgan fingerprint density at radius 2 is 1.86 bits per heavy atom. The molecule has 1 aromatic heterocycles. The third-order valence-corrected chi connectivity index (χ3v) is 1.88. The Labute approximate surface area is 87.3 Å². The molecule has 0 spiro atoms. The van der Waals surface area contributed by atoms with E-state index in [4.69, 9.17) is 4.74 Å². The van der Waals surface area contributed by atoms with Crippen molar-refractivity contribution < 1.29 is 4.74 Å². The van der Waals surface area contributed by atoms with Gasteiger partial charge in [-0.2, -0.15) is 0 Å². The predicted octanol–water partition coefficient (Wildman–Crippen LogP) is 3.55. The van der Waals surface area contributed by atoms with Crippen molar-refractivity contribution in [3.05, 3.63) is 23.5 Å². The van der Waals surface area contributed by atoms with Gasteiger partial charge in [-0.3, -0.25) is 4.98 Å². The fourth-order valence-electron chi connectivity index (χ4n) is 1.19. The summed E-state index contributed by atoms with van der Waals surface area (Å²) in [5, 5.41) is 0. The standard InChI is InChI=1S/C10H15NO.C2H6/c1-7(2)9-5-8(3)11-6-10(9)12-4;1-2/h5-7H,1-4H3;1-2H3. The van der Waals surface area contributed by atoms with E-state index in [2.05, 4.69) is 24.9 Å². The molecular weight excluding hydrogens is 174 g/mol. The Kier molecular flexibility index (Phi) is 5.93. The lowest BCUT2D eigenvalue weighted by Crippen LogP contribution is -1.96. The van der Waals surface area contributed by atoms with E-state index in [0.717, 1.165) is 11.4 Å². The lowest BCUT2D eigenvalue weighted by molar-refractivity contribution is 0.405. The van der Waals surface area contributed by atoms with Crippen molar-refractivity contribution in [2.75, 3.05) is 7.11 Å². The molecule has 0 saturated carbocycles. The van der Waals surface area contributed by atoms with Gasteiger partial charge in [-0.1, -0.05) is 27.7 Å². The van der Waals surface area contributed by atoms with E-state index in [1.165, 1.54) is 5.56 Å². The van der Waals surface area contributed by atoms with Crippen LogP contribution in [-0.4, -0.2) is 12.1 Å². The van der Waals surface area contributed by atoms with Gasteiger partial charge in [0.1, 0.15) is 5.75 Å². The van der Waals surface area contributed by atoms with E-state index < -0.39 is 0 Å². The van der Waals surface area contributed by atoms with Gasteiger partial charge in [0.05, 0.1) is 13.3 Å². The number of pyridine rings is 1. The van der Waals surface area contributed by atoms with Gasteiger partial charge in [-0.05, 0) is 18.9 Å². The fraction of sp³-hybridized carbons (Fsp3) is 0.583. The number of hydrogen-bond donors (Lipinski definition) is 0. The van der Waals surface area contributed by atoms with Gasteiger partial charge in [-0.25, -0.2) is 0 Å². The minimum atomic E-state index is 0.488. The number of ether oxygens (including phenoxy) is 1. The number of rotatable bonds is 2. The zero-order chi connectivity index (χ0) is 11.1. The molecule has 0 fully saturated rings. The first-order chi connectivity index (χ1) is 6.65. The topological polar surface area (TPSA) is 22.1 Å². The van der Waals surface area contributed by atoms with Gasteiger partial charge < -0.3 is 4.74 Å². The summed E-state index contributed by atoms with van der Waals surface area (Å²) in [5.41, 5.74) is 2.27. The third kappa shape index (κ3) is 3.36. The van der Waals surface area contributed by atoms with Crippen LogP contribution >= 0.6 is 0 Å². The Morgan fingerprint density at radius 1 is 1.29 bits per heavy atom. The molecule has 14 heavy (non-hydrogen) atoms. The number of hydrogen-bond acceptors (Lipinski definition) is 2. The molecule has 1 heterocycles. The highest BCUT2D eigenvalue weighted by Crippen LogP contribution is 2.25. The van der Waals surface area contributed by atoms with Crippen LogP contribution in [0.1, 0.15) is 44.9 Å². The highest BCUT2D eigenvalue weighted by molar-refractivity contribution is 5.34. The van der Waals surface area contributed by atoms with Crippen LogP contribution in [0.3, 0.4) is 0 Å². The van der Waals surface area contributed by atoms with Crippen LogP contribution < -0.4 is 4.74 Å². The molecule has 0 unspecified atom stereocenters. The summed E-state index contributed by atoms with van der Waals surface area (Å²) >= 11 is 0. The number of aromatic nitrogens is 1. The molecule has 0 aliphatic carbocycles. The second-order valence-corrected chi connectivity index (χ2v) is 3.22. The van der Waals surface area contributed by atoms with Crippen LogP contribution in [0.5, 0.6) is 5.75 Å². The van der Waals surface area contributed by atoms with Crippen molar-refractivity contribution in [2.45, 2.75) is 40.5 Å². The Bertz CT molecular complexity index is 269. The van der Waals surface area contributed by atoms with Crippen LogP contribution in [0.25, 0.3) is 0 Å². The average Bonchev–Trinajstić information content (AvgIpc) is 2.20. The first-order valence-corrected chi connectivity index (χ1v) is 5.15. The summed E-state index contributed by atoms with van der Waals surface area (Å²) in [7, 11) is 1.68. The van der Waals surface area contributed by atoms with E-state index in [9.17, 15) is 0 Å². The Morgan fingerprint density at radius 3 is 2.29 bits per heavy atom. The molecule has 1 rings (SSSR count). The van der Waals surface area contributed by atoms with Crippen LogP contribution in [-0.2, 0) is 0 Å². The summed E-state index contributed by atoms with van der Waals surface area (Å²) in [6.07, 6.45) is 1.78. The van der Waals surface area contributed by atoms with Gasteiger partial charge in [0, 0.05) is 11.3 Å². The molecule has 0 bridgehead atoms. The average molecular weight is 195 g/mol. The van der Waals surface area contributed by atoms with Gasteiger partial charge in [0.25, 0.3) is 0 Å². The quantitative estimate of drug-likeness (QED) is 0.720. The van der Waals surface area contributed by atoms with Gasteiger partial charge >= 0.3 is 0 Å². The molecule has 80 valence electrons. The second-order valence-electron chi connectivity index (χ2n) is 3.22. The maximum absolute atomic E-state index is 5.20. The molecule has 0 radical (unpaired) electrons. The van der Waals surface area contributed by atoms with Gasteiger partial charge in [0.2, 0.25) is 0 Å². The zero-order valence-corrected chi connectivity index (χ0v) is 10.1. The van der Waals surface area contributed by atoms with E-state index in [-0.39, 0.29) is 0 Å². The molecule has 0 aliphatic rings. The fourth-order valence-corrected chi connectivity index (χ4v) is 1.19. The van der Waals surface area contributed by atoms with Crippen molar-refractivity contribution in [2.24, 2.45) is 0 Å². The highest BCUT2D eigenvalue weighted by atomic mass is 16.5. The Hall–Kier alpha value is -1.05. The minimum Gasteiger partial charge on any atom is -0.495 e. The predicted molar refractivity (Wildman–Crippen MR) is 61.0 cm³/mol.